The van der Waals surface area contributed by atoms with Crippen molar-refractivity contribution >= 4 is 5.78 Å². The van der Waals surface area contributed by atoms with Gasteiger partial charge >= 0.3 is 0 Å². The van der Waals surface area contributed by atoms with E-state index in [9.17, 15) is 4.79 Å². The fourth-order valence-electron chi connectivity index (χ4n) is 1.28. The van der Waals surface area contributed by atoms with E-state index in [1.807, 2.05) is 6.92 Å². The second-order valence-electron chi connectivity index (χ2n) is 3.67. The van der Waals surface area contributed by atoms with Crippen LogP contribution in [0.3, 0.4) is 0 Å². The van der Waals surface area contributed by atoms with Crippen LogP contribution in [0, 0.1) is 0 Å². The summed E-state index contributed by atoms with van der Waals surface area (Å²) >= 11 is 0. The van der Waals surface area contributed by atoms with Gasteiger partial charge in [0.1, 0.15) is 5.75 Å². The van der Waals surface area contributed by atoms with Gasteiger partial charge in [0.15, 0.2) is 5.78 Å². The Kier molecular flexibility index (Phi) is 4.31. The molecule has 0 spiro atoms. The van der Waals surface area contributed by atoms with Crippen LogP contribution in [0.2, 0.25) is 0 Å². The zero-order chi connectivity index (χ0) is 11.3. The molecule has 0 radical (unpaired) electrons. The molecule has 82 valence electrons. The van der Waals surface area contributed by atoms with Gasteiger partial charge in [0.2, 0.25) is 0 Å². The molecule has 0 aliphatic heterocycles. The number of methoxy groups -OCH3 is 1. The lowest BCUT2D eigenvalue weighted by molar-refractivity contribution is 0.0978. The summed E-state index contributed by atoms with van der Waals surface area (Å²) < 4.78 is 5.02. The second-order valence-corrected chi connectivity index (χ2v) is 3.67. The predicted octanol–water partition coefficient (Wildman–Crippen LogP) is 2.01. The predicted molar refractivity (Wildman–Crippen MR) is 60.2 cm³/mol. The lowest BCUT2D eigenvalue weighted by atomic mass is 10.0. The van der Waals surface area contributed by atoms with Crippen molar-refractivity contribution in [2.75, 3.05) is 7.11 Å². The Morgan fingerprint density at radius 1 is 1.40 bits per heavy atom. The Hall–Kier alpha value is -1.35. The third kappa shape index (κ3) is 3.72. The van der Waals surface area contributed by atoms with Crippen LogP contribution in [-0.4, -0.2) is 18.9 Å². The van der Waals surface area contributed by atoms with Gasteiger partial charge in [-0.05, 0) is 37.6 Å². The van der Waals surface area contributed by atoms with Gasteiger partial charge in [0.25, 0.3) is 0 Å². The fourth-order valence-corrected chi connectivity index (χ4v) is 1.28. The molecule has 0 heterocycles. The highest BCUT2D eigenvalue weighted by atomic mass is 16.5. The first-order valence-corrected chi connectivity index (χ1v) is 5.06. The molecule has 15 heavy (non-hydrogen) atoms. The molecule has 0 aliphatic rings. The first kappa shape index (κ1) is 11.7. The smallest absolute Gasteiger partial charge is 0.162 e. The van der Waals surface area contributed by atoms with Gasteiger partial charge in [-0.25, -0.2) is 0 Å². The molecule has 0 aliphatic carbocycles. The number of benzene rings is 1. The number of ketones is 1. The van der Waals surface area contributed by atoms with Crippen molar-refractivity contribution in [3.63, 3.8) is 0 Å². The average molecular weight is 207 g/mol. The van der Waals surface area contributed by atoms with Crippen molar-refractivity contribution in [3.8, 4) is 5.75 Å². The van der Waals surface area contributed by atoms with Gasteiger partial charge in [-0.2, -0.15) is 0 Å². The highest BCUT2D eigenvalue weighted by Crippen LogP contribution is 2.13. The van der Waals surface area contributed by atoms with Crippen LogP contribution in [0.25, 0.3) is 0 Å². The molecule has 1 aromatic carbocycles. The van der Waals surface area contributed by atoms with Gasteiger partial charge in [0, 0.05) is 18.0 Å². The first-order valence-electron chi connectivity index (χ1n) is 5.06. The lowest BCUT2D eigenvalue weighted by Gasteiger charge is -2.05. The molecule has 0 saturated heterocycles. The van der Waals surface area contributed by atoms with E-state index in [-0.39, 0.29) is 11.8 Å². The van der Waals surface area contributed by atoms with Crippen LogP contribution < -0.4 is 10.5 Å². The number of nitrogens with two attached hydrogens (primary N) is 1. The second kappa shape index (κ2) is 5.51. The van der Waals surface area contributed by atoms with Crippen molar-refractivity contribution in [1.29, 1.82) is 0 Å². The van der Waals surface area contributed by atoms with Crippen molar-refractivity contribution in [2.45, 2.75) is 25.8 Å². The Morgan fingerprint density at radius 2 is 2.00 bits per heavy atom. The largest absolute Gasteiger partial charge is 0.497 e. The van der Waals surface area contributed by atoms with Gasteiger partial charge < -0.3 is 10.5 Å². The summed E-state index contributed by atoms with van der Waals surface area (Å²) in [6, 6.07) is 7.22. The molecular weight excluding hydrogens is 190 g/mol. The molecule has 1 aromatic rings. The monoisotopic (exact) mass is 207 g/mol. The van der Waals surface area contributed by atoms with Gasteiger partial charge in [-0.15, -0.1) is 0 Å². The third-order valence-electron chi connectivity index (χ3n) is 2.24. The summed E-state index contributed by atoms with van der Waals surface area (Å²) in [6.45, 7) is 1.90. The van der Waals surface area contributed by atoms with E-state index < -0.39 is 0 Å². The number of ether oxygens (including phenoxy) is 1. The maximum Gasteiger partial charge on any atom is 0.162 e. The molecule has 1 unspecified atom stereocenters. The molecule has 3 nitrogen and oxygen atoms in total. The SMILES string of the molecule is COc1ccc(C(=O)CCC(C)N)cc1. The number of rotatable bonds is 5. The van der Waals surface area contributed by atoms with Crippen LogP contribution in [0.15, 0.2) is 24.3 Å². The van der Waals surface area contributed by atoms with Crippen LogP contribution in [-0.2, 0) is 0 Å². The Balaban J connectivity index is 2.58. The van der Waals surface area contributed by atoms with E-state index in [1.54, 1.807) is 31.4 Å². The van der Waals surface area contributed by atoms with E-state index >= 15 is 0 Å². The van der Waals surface area contributed by atoms with Gasteiger partial charge in [-0.3, -0.25) is 4.79 Å². The lowest BCUT2D eigenvalue weighted by Crippen LogP contribution is -2.16. The molecule has 1 atom stereocenters. The zero-order valence-corrected chi connectivity index (χ0v) is 9.19. The quantitative estimate of drug-likeness (QED) is 0.751. The van der Waals surface area contributed by atoms with E-state index in [2.05, 4.69) is 0 Å². The minimum atomic E-state index is 0.0761. The third-order valence-corrected chi connectivity index (χ3v) is 2.24. The normalized spacial score (nSPS) is 12.2. The van der Waals surface area contributed by atoms with Crippen LogP contribution in [0.1, 0.15) is 30.1 Å². The first-order chi connectivity index (χ1) is 7.13. The number of carbonyl (C=O) groups is 1. The highest BCUT2D eigenvalue weighted by molar-refractivity contribution is 5.96. The minimum absolute atomic E-state index is 0.0761. The molecule has 0 aromatic heterocycles. The summed E-state index contributed by atoms with van der Waals surface area (Å²) in [6.07, 6.45) is 1.23. The molecule has 0 bridgehead atoms. The summed E-state index contributed by atoms with van der Waals surface area (Å²) in [7, 11) is 1.60. The number of carbonyl (C=O) groups excluding carboxylic acids is 1. The van der Waals surface area contributed by atoms with Crippen LogP contribution in [0.4, 0.5) is 0 Å². The van der Waals surface area contributed by atoms with Gasteiger partial charge in [-0.1, -0.05) is 0 Å². The van der Waals surface area contributed by atoms with Crippen LogP contribution >= 0.6 is 0 Å². The summed E-state index contributed by atoms with van der Waals surface area (Å²) in [5.41, 5.74) is 6.31. The van der Waals surface area contributed by atoms with Crippen LogP contribution in [0.5, 0.6) is 5.75 Å². The van der Waals surface area contributed by atoms with Crippen molar-refractivity contribution in [3.05, 3.63) is 29.8 Å². The molecule has 2 N–H and O–H groups in total. The Bertz CT molecular complexity index is 317. The average Bonchev–Trinajstić information content (AvgIpc) is 2.26. The van der Waals surface area contributed by atoms with E-state index in [0.717, 1.165) is 17.7 Å². The molecule has 3 heteroatoms. The standard InChI is InChI=1S/C12H17NO2/c1-9(13)3-8-12(14)10-4-6-11(15-2)7-5-10/h4-7,9H,3,8,13H2,1-2H3. The maximum atomic E-state index is 11.7. The summed E-state index contributed by atoms with van der Waals surface area (Å²) in [5, 5.41) is 0. The Labute approximate surface area is 90.2 Å². The number of Topliss-reactive ketones (excluding diaryl/α,β-unsaturated/α-hetero) is 1. The minimum Gasteiger partial charge on any atom is -0.497 e. The van der Waals surface area contributed by atoms with E-state index in [1.165, 1.54) is 0 Å². The van der Waals surface area contributed by atoms with E-state index in [4.69, 9.17) is 10.5 Å². The highest BCUT2D eigenvalue weighted by Gasteiger charge is 2.06. The van der Waals surface area contributed by atoms with Gasteiger partial charge in [0.05, 0.1) is 7.11 Å². The fraction of sp³-hybridized carbons (Fsp3) is 0.417. The van der Waals surface area contributed by atoms with E-state index in [0.29, 0.717) is 6.42 Å². The van der Waals surface area contributed by atoms with Crippen molar-refractivity contribution < 1.29 is 9.53 Å². The number of hydrogen-bond acceptors (Lipinski definition) is 3. The molecule has 0 saturated carbocycles. The molecule has 0 amide bonds. The molecule has 0 fully saturated rings. The summed E-state index contributed by atoms with van der Waals surface area (Å²) in [5.74, 6) is 0.897. The molecule has 1 rings (SSSR count). The van der Waals surface area contributed by atoms with Crippen molar-refractivity contribution in [2.24, 2.45) is 5.73 Å². The summed E-state index contributed by atoms with van der Waals surface area (Å²) in [4.78, 5) is 11.7. The zero-order valence-electron chi connectivity index (χ0n) is 9.19. The van der Waals surface area contributed by atoms with Crippen molar-refractivity contribution in [1.82, 2.24) is 0 Å². The topological polar surface area (TPSA) is 52.3 Å². The Morgan fingerprint density at radius 3 is 2.47 bits per heavy atom. The molecular formula is C12H17NO2. The number of hydrogen-bond donors (Lipinski definition) is 1. The maximum absolute atomic E-state index is 11.7.